The Kier molecular flexibility index (Phi) is 3.70. The van der Waals surface area contributed by atoms with Crippen LogP contribution in [0, 0.1) is 0 Å². The second-order valence-corrected chi connectivity index (χ2v) is 6.16. The van der Waals surface area contributed by atoms with Crippen molar-refractivity contribution in [1.29, 1.82) is 0 Å². The molecule has 0 fully saturated rings. The van der Waals surface area contributed by atoms with Crippen LogP contribution < -0.4 is 0 Å². The molecule has 82 valence electrons. The van der Waals surface area contributed by atoms with Crippen LogP contribution >= 0.6 is 50.5 Å². The maximum atomic E-state index is 12.0. The Labute approximate surface area is 115 Å². The van der Waals surface area contributed by atoms with Gasteiger partial charge in [0.2, 0.25) is 5.78 Å². The molecule has 1 aromatic heterocycles. The minimum absolute atomic E-state index is 0.0694. The fraction of sp³-hybridized carbons (Fsp3) is 0. The first-order valence-corrected chi connectivity index (χ1v) is 6.69. The van der Waals surface area contributed by atoms with Gasteiger partial charge in [0, 0.05) is 15.1 Å². The molecule has 1 heterocycles. The summed E-state index contributed by atoms with van der Waals surface area (Å²) in [5.41, 5.74) is 0.554. The van der Waals surface area contributed by atoms with Crippen LogP contribution in [-0.2, 0) is 0 Å². The van der Waals surface area contributed by atoms with Gasteiger partial charge in [-0.3, -0.25) is 4.79 Å². The van der Waals surface area contributed by atoms with E-state index in [9.17, 15) is 4.79 Å². The Hall–Kier alpha value is -0.350. The van der Waals surface area contributed by atoms with Crippen molar-refractivity contribution >= 4 is 56.3 Å². The summed E-state index contributed by atoms with van der Waals surface area (Å²) in [6.07, 6.45) is 0. The van der Waals surface area contributed by atoms with Crippen molar-refractivity contribution in [3.05, 3.63) is 54.6 Å². The first kappa shape index (κ1) is 12.1. The molecule has 16 heavy (non-hydrogen) atoms. The lowest BCUT2D eigenvalue weighted by Gasteiger charge is -2.00. The molecule has 0 saturated carbocycles. The molecule has 1 nitrogen and oxygen atoms in total. The summed E-state index contributed by atoms with van der Waals surface area (Å²) in [6.45, 7) is 0. The van der Waals surface area contributed by atoms with Crippen molar-refractivity contribution in [3.63, 3.8) is 0 Å². The molecule has 2 rings (SSSR count). The number of halogens is 3. The third-order valence-corrected chi connectivity index (χ3v) is 3.83. The molecule has 0 amide bonds. The van der Waals surface area contributed by atoms with Gasteiger partial charge in [0.1, 0.15) is 0 Å². The Bertz CT molecular complexity index is 530. The van der Waals surface area contributed by atoms with Gasteiger partial charge in [-0.2, -0.15) is 0 Å². The van der Waals surface area contributed by atoms with Crippen LogP contribution in [-0.4, -0.2) is 5.78 Å². The first-order valence-electron chi connectivity index (χ1n) is 4.32. The van der Waals surface area contributed by atoms with Gasteiger partial charge in [-0.05, 0) is 30.3 Å². The largest absolute Gasteiger partial charge is 0.288 e. The minimum atomic E-state index is -0.0694. The lowest BCUT2D eigenvalue weighted by Crippen LogP contribution is -1.98. The first-order chi connectivity index (χ1) is 7.56. The molecule has 0 N–H and O–H groups in total. The van der Waals surface area contributed by atoms with E-state index in [4.69, 9.17) is 23.2 Å². The third kappa shape index (κ3) is 2.66. The summed E-state index contributed by atoms with van der Waals surface area (Å²) < 4.78 is 1.38. The number of rotatable bonds is 2. The second-order valence-electron chi connectivity index (χ2n) is 3.09. The summed E-state index contributed by atoms with van der Waals surface area (Å²) in [7, 11) is 0. The van der Waals surface area contributed by atoms with Crippen LogP contribution in [0.25, 0.3) is 0 Å². The van der Waals surface area contributed by atoms with Gasteiger partial charge in [0.05, 0.1) is 9.21 Å². The summed E-state index contributed by atoms with van der Waals surface area (Å²) in [4.78, 5) is 12.6. The quantitative estimate of drug-likeness (QED) is 0.702. The van der Waals surface area contributed by atoms with Crippen molar-refractivity contribution < 1.29 is 4.79 Å². The minimum Gasteiger partial charge on any atom is -0.288 e. The second kappa shape index (κ2) is 4.88. The molecule has 1 aromatic carbocycles. The van der Waals surface area contributed by atoms with E-state index in [1.165, 1.54) is 11.3 Å². The fourth-order valence-electron chi connectivity index (χ4n) is 1.26. The van der Waals surface area contributed by atoms with Crippen molar-refractivity contribution in [2.75, 3.05) is 0 Å². The molecule has 0 aliphatic carbocycles. The van der Waals surface area contributed by atoms with E-state index in [0.29, 0.717) is 19.8 Å². The lowest BCUT2D eigenvalue weighted by molar-refractivity contribution is 0.104. The zero-order valence-corrected chi connectivity index (χ0v) is 11.8. The smallest absolute Gasteiger partial charge is 0.203 e. The van der Waals surface area contributed by atoms with Gasteiger partial charge in [0.15, 0.2) is 0 Å². The van der Waals surface area contributed by atoms with E-state index < -0.39 is 0 Å². The van der Waals surface area contributed by atoms with Crippen LogP contribution in [0.1, 0.15) is 15.2 Å². The number of carbonyl (C=O) groups is 1. The van der Waals surface area contributed by atoms with E-state index >= 15 is 0 Å². The molecule has 0 aliphatic heterocycles. The van der Waals surface area contributed by atoms with Gasteiger partial charge in [0.25, 0.3) is 0 Å². The highest BCUT2D eigenvalue weighted by Crippen LogP contribution is 2.26. The van der Waals surface area contributed by atoms with Crippen molar-refractivity contribution in [3.8, 4) is 0 Å². The highest BCUT2D eigenvalue weighted by atomic mass is 79.9. The third-order valence-electron chi connectivity index (χ3n) is 1.92. The van der Waals surface area contributed by atoms with E-state index in [1.54, 1.807) is 30.3 Å². The molecule has 0 unspecified atom stereocenters. The molecule has 0 bridgehead atoms. The topological polar surface area (TPSA) is 17.1 Å². The average Bonchev–Trinajstić information content (AvgIpc) is 2.62. The zero-order valence-electron chi connectivity index (χ0n) is 7.84. The lowest BCUT2D eigenvalue weighted by atomic mass is 10.1. The van der Waals surface area contributed by atoms with E-state index in [2.05, 4.69) is 15.9 Å². The molecule has 2 aromatic rings. The Balaban J connectivity index is 2.41. The molecule has 0 aliphatic rings. The maximum absolute atomic E-state index is 12.0. The standard InChI is InChI=1S/C11H5BrCl2OS/c12-7-3-6(4-8(13)5-7)11(15)9-1-2-10(14)16-9/h1-5H. The number of hydrogen-bond acceptors (Lipinski definition) is 2. The van der Waals surface area contributed by atoms with Gasteiger partial charge < -0.3 is 0 Å². The Morgan fingerprint density at radius 2 is 1.94 bits per heavy atom. The molecule has 5 heteroatoms. The number of carbonyl (C=O) groups excluding carboxylic acids is 1. The van der Waals surface area contributed by atoms with Crippen molar-refractivity contribution in [1.82, 2.24) is 0 Å². The van der Waals surface area contributed by atoms with Gasteiger partial charge in [-0.15, -0.1) is 11.3 Å². The van der Waals surface area contributed by atoms with Gasteiger partial charge >= 0.3 is 0 Å². The van der Waals surface area contributed by atoms with Crippen LogP contribution in [0.3, 0.4) is 0 Å². The van der Waals surface area contributed by atoms with Crippen molar-refractivity contribution in [2.45, 2.75) is 0 Å². The molecule has 0 saturated heterocycles. The van der Waals surface area contributed by atoms with E-state index in [0.717, 1.165) is 4.47 Å². The SMILES string of the molecule is O=C(c1cc(Cl)cc(Br)c1)c1ccc(Cl)s1. The Morgan fingerprint density at radius 3 is 2.50 bits per heavy atom. The molecule has 0 radical (unpaired) electrons. The summed E-state index contributed by atoms with van der Waals surface area (Å²) in [6, 6.07) is 8.53. The van der Waals surface area contributed by atoms with E-state index in [1.807, 2.05) is 0 Å². The monoisotopic (exact) mass is 334 g/mol. The number of hydrogen-bond donors (Lipinski definition) is 0. The van der Waals surface area contributed by atoms with Crippen LogP contribution in [0.15, 0.2) is 34.8 Å². The highest BCUT2D eigenvalue weighted by molar-refractivity contribution is 9.10. The number of thiophene rings is 1. The average molecular weight is 336 g/mol. The number of benzene rings is 1. The van der Waals surface area contributed by atoms with Crippen molar-refractivity contribution in [2.24, 2.45) is 0 Å². The summed E-state index contributed by atoms with van der Waals surface area (Å²) in [5.74, 6) is -0.0694. The van der Waals surface area contributed by atoms with Crippen LogP contribution in [0.2, 0.25) is 9.36 Å². The Morgan fingerprint density at radius 1 is 1.19 bits per heavy atom. The fourth-order valence-corrected chi connectivity index (χ4v) is 3.13. The van der Waals surface area contributed by atoms with Gasteiger partial charge in [-0.1, -0.05) is 39.1 Å². The molecule has 0 spiro atoms. The van der Waals surface area contributed by atoms with Crippen LogP contribution in [0.4, 0.5) is 0 Å². The summed E-state index contributed by atoms with van der Waals surface area (Å²) in [5, 5.41) is 0.528. The highest BCUT2D eigenvalue weighted by Gasteiger charge is 2.12. The predicted octanol–water partition coefficient (Wildman–Crippen LogP) is 5.05. The molecular weight excluding hydrogens is 331 g/mol. The molecular formula is C11H5BrCl2OS. The molecule has 0 atom stereocenters. The predicted molar refractivity (Wildman–Crippen MR) is 71.9 cm³/mol. The zero-order chi connectivity index (χ0) is 11.7. The van der Waals surface area contributed by atoms with Crippen LogP contribution in [0.5, 0.6) is 0 Å². The maximum Gasteiger partial charge on any atom is 0.203 e. The normalized spacial score (nSPS) is 10.4. The van der Waals surface area contributed by atoms with E-state index in [-0.39, 0.29) is 5.78 Å². The van der Waals surface area contributed by atoms with Gasteiger partial charge in [-0.25, -0.2) is 0 Å². The number of ketones is 1. The summed E-state index contributed by atoms with van der Waals surface area (Å²) >= 11 is 16.2.